The highest BCUT2D eigenvalue weighted by atomic mass is 32.2. The van der Waals surface area contributed by atoms with Crippen LogP contribution in [-0.4, -0.2) is 67.7 Å². The maximum atomic E-state index is 13.1. The molecule has 0 bridgehead atoms. The van der Waals surface area contributed by atoms with Crippen molar-refractivity contribution < 1.29 is 33.9 Å². The highest BCUT2D eigenvalue weighted by Gasteiger charge is 2.54. The van der Waals surface area contributed by atoms with Gasteiger partial charge in [0.2, 0.25) is 5.91 Å². The van der Waals surface area contributed by atoms with Crippen molar-refractivity contribution in [1.29, 1.82) is 0 Å². The number of halogens is 1. The second kappa shape index (κ2) is 9.65. The molecule has 11 heteroatoms. The lowest BCUT2D eigenvalue weighted by atomic mass is 10.0. The Morgan fingerprint density at radius 2 is 1.79 bits per heavy atom. The third kappa shape index (κ3) is 4.66. The van der Waals surface area contributed by atoms with Gasteiger partial charge in [-0.05, 0) is 35.4 Å². The molecule has 1 saturated heterocycles. The maximum absolute atomic E-state index is 13.1. The second-order valence-electron chi connectivity index (χ2n) is 7.74. The van der Waals surface area contributed by atoms with Gasteiger partial charge in [-0.15, -0.1) is 11.8 Å². The monoisotopic (exact) mass is 485 g/mol. The number of aliphatic carboxylic acids is 1. The molecular formula is C23H20FN3O6S. The minimum absolute atomic E-state index is 0.0175. The van der Waals surface area contributed by atoms with Gasteiger partial charge in [0.25, 0.3) is 11.8 Å². The van der Waals surface area contributed by atoms with Gasteiger partial charge in [-0.2, -0.15) is 0 Å². The summed E-state index contributed by atoms with van der Waals surface area (Å²) in [5.74, 6) is -3.59. The molecule has 2 heterocycles. The number of carbonyl (C=O) groups excluding carboxylic acids is 3. The van der Waals surface area contributed by atoms with Gasteiger partial charge in [-0.1, -0.05) is 30.3 Å². The van der Waals surface area contributed by atoms with Crippen molar-refractivity contribution in [3.63, 3.8) is 0 Å². The van der Waals surface area contributed by atoms with E-state index in [1.165, 1.54) is 23.9 Å². The number of hydroxylamine groups is 2. The summed E-state index contributed by atoms with van der Waals surface area (Å²) in [4.78, 5) is 50.5. The van der Waals surface area contributed by atoms with Gasteiger partial charge in [-0.3, -0.25) is 24.5 Å². The maximum Gasteiger partial charge on any atom is 0.352 e. The Kier molecular flexibility index (Phi) is 6.66. The molecule has 0 radical (unpaired) electrons. The molecule has 2 aromatic rings. The van der Waals surface area contributed by atoms with Crippen molar-refractivity contribution in [1.82, 2.24) is 15.3 Å². The van der Waals surface area contributed by atoms with Crippen LogP contribution in [0.15, 0.2) is 65.9 Å². The van der Waals surface area contributed by atoms with E-state index in [0.29, 0.717) is 5.06 Å². The van der Waals surface area contributed by atoms with E-state index in [1.54, 1.807) is 24.3 Å². The Morgan fingerprint density at radius 1 is 1.12 bits per heavy atom. The molecule has 1 fully saturated rings. The average Bonchev–Trinajstić information content (AvgIpc) is 2.82. The highest BCUT2D eigenvalue weighted by molar-refractivity contribution is 8.00. The smallest absolute Gasteiger partial charge is 0.352 e. The minimum Gasteiger partial charge on any atom is -0.477 e. The Labute approximate surface area is 197 Å². The SMILES string of the molecule is O=C(Cc1ccccc1)N[C@@H]1C(=O)N2C(C(=O)O)=C(CN(O)C(=O)c3ccc(F)cc3)CSC12. The number of carboxylic acid groups (broad SMARTS) is 1. The zero-order valence-corrected chi connectivity index (χ0v) is 18.5. The van der Waals surface area contributed by atoms with Gasteiger partial charge in [0, 0.05) is 11.3 Å². The normalized spacial score (nSPS) is 19.2. The van der Waals surface area contributed by atoms with Crippen molar-refractivity contribution in [3.05, 3.63) is 82.8 Å². The van der Waals surface area contributed by atoms with E-state index in [4.69, 9.17) is 0 Å². The first kappa shape index (κ1) is 23.5. The molecule has 0 aromatic heterocycles. The number of nitrogens with zero attached hydrogens (tertiary/aromatic N) is 2. The molecule has 2 aliphatic heterocycles. The van der Waals surface area contributed by atoms with Crippen molar-refractivity contribution in [3.8, 4) is 0 Å². The van der Waals surface area contributed by atoms with E-state index < -0.39 is 41.6 Å². The Bertz CT molecular complexity index is 1170. The molecule has 3 amide bonds. The summed E-state index contributed by atoms with van der Waals surface area (Å²) in [7, 11) is 0. The topological polar surface area (TPSA) is 127 Å². The minimum atomic E-state index is -1.38. The number of fused-ring (bicyclic) bond motifs is 1. The molecule has 0 spiro atoms. The van der Waals surface area contributed by atoms with Crippen LogP contribution in [0.1, 0.15) is 15.9 Å². The van der Waals surface area contributed by atoms with Crippen molar-refractivity contribution in [2.75, 3.05) is 12.3 Å². The second-order valence-corrected chi connectivity index (χ2v) is 8.85. The third-order valence-electron chi connectivity index (χ3n) is 5.44. The Morgan fingerprint density at radius 3 is 2.44 bits per heavy atom. The lowest BCUT2D eigenvalue weighted by Crippen LogP contribution is -2.70. The Balaban J connectivity index is 1.45. The predicted molar refractivity (Wildman–Crippen MR) is 119 cm³/mol. The quantitative estimate of drug-likeness (QED) is 0.309. The van der Waals surface area contributed by atoms with Gasteiger partial charge in [-0.25, -0.2) is 14.2 Å². The van der Waals surface area contributed by atoms with E-state index in [1.807, 2.05) is 6.07 Å². The molecule has 2 aliphatic rings. The standard InChI is InChI=1S/C23H20FN3O6S/c24-16-8-6-14(7-9-16)20(29)26(33)11-15-12-34-22-18(21(30)27(22)19(15)23(31)32)25-17(28)10-13-4-2-1-3-5-13/h1-9,18,22,33H,10-12H2,(H,25,28)(H,31,32)/t18-,22?/m1/s1. The van der Waals surface area contributed by atoms with Crippen molar-refractivity contribution in [2.45, 2.75) is 17.8 Å². The third-order valence-corrected chi connectivity index (χ3v) is 6.78. The summed E-state index contributed by atoms with van der Waals surface area (Å²) in [6, 6.07) is 12.6. The van der Waals surface area contributed by atoms with E-state index in [9.17, 15) is 33.9 Å². The lowest BCUT2D eigenvalue weighted by Gasteiger charge is -2.49. The van der Waals surface area contributed by atoms with Crippen LogP contribution in [0.5, 0.6) is 0 Å². The van der Waals surface area contributed by atoms with Gasteiger partial charge in [0.05, 0.1) is 13.0 Å². The van der Waals surface area contributed by atoms with E-state index in [-0.39, 0.29) is 34.9 Å². The fraction of sp³-hybridized carbons (Fsp3) is 0.217. The number of β-lactam (4-membered cyclic amide) rings is 1. The number of hydrogen-bond donors (Lipinski definition) is 3. The summed E-state index contributed by atoms with van der Waals surface area (Å²) in [5, 5.41) is 22.4. The number of nitrogens with one attached hydrogen (secondary N) is 1. The van der Waals surface area contributed by atoms with Crippen molar-refractivity contribution in [2.24, 2.45) is 0 Å². The van der Waals surface area contributed by atoms with Crippen LogP contribution < -0.4 is 5.32 Å². The largest absolute Gasteiger partial charge is 0.477 e. The van der Waals surface area contributed by atoms with Crippen LogP contribution in [0.2, 0.25) is 0 Å². The number of amides is 3. The fourth-order valence-corrected chi connectivity index (χ4v) is 5.14. The number of hydrogen-bond acceptors (Lipinski definition) is 6. The van der Waals surface area contributed by atoms with Crippen molar-refractivity contribution >= 4 is 35.5 Å². The molecular weight excluding hydrogens is 465 g/mol. The zero-order valence-electron chi connectivity index (χ0n) is 17.7. The van der Waals surface area contributed by atoms with Gasteiger partial charge in [0.1, 0.15) is 22.9 Å². The van der Waals surface area contributed by atoms with E-state index in [0.717, 1.165) is 22.6 Å². The number of benzene rings is 2. The fourth-order valence-electron chi connectivity index (χ4n) is 3.80. The number of carboxylic acids is 1. The first-order valence-corrected chi connectivity index (χ1v) is 11.3. The lowest BCUT2D eigenvalue weighted by molar-refractivity contribution is -0.150. The highest BCUT2D eigenvalue weighted by Crippen LogP contribution is 2.40. The Hall–Kier alpha value is -3.70. The summed E-state index contributed by atoms with van der Waals surface area (Å²) in [6.07, 6.45) is 0.0832. The predicted octanol–water partition coefficient (Wildman–Crippen LogP) is 1.64. The average molecular weight is 485 g/mol. The molecule has 176 valence electrons. The number of carbonyl (C=O) groups is 4. The molecule has 34 heavy (non-hydrogen) atoms. The molecule has 0 saturated carbocycles. The summed E-state index contributed by atoms with van der Waals surface area (Å²) in [5.41, 5.74) is 0.633. The van der Waals surface area contributed by atoms with Gasteiger partial charge in [0.15, 0.2) is 0 Å². The van der Waals surface area contributed by atoms with Crippen LogP contribution in [0.4, 0.5) is 4.39 Å². The van der Waals surface area contributed by atoms with Crippen LogP contribution >= 0.6 is 11.8 Å². The van der Waals surface area contributed by atoms with E-state index in [2.05, 4.69) is 5.32 Å². The van der Waals surface area contributed by atoms with Crippen LogP contribution in [0, 0.1) is 5.82 Å². The van der Waals surface area contributed by atoms with Crippen LogP contribution in [-0.2, 0) is 20.8 Å². The summed E-state index contributed by atoms with van der Waals surface area (Å²) >= 11 is 1.22. The molecule has 1 unspecified atom stereocenters. The molecule has 9 nitrogen and oxygen atoms in total. The summed E-state index contributed by atoms with van der Waals surface area (Å²) in [6.45, 7) is -0.452. The zero-order chi connectivity index (χ0) is 24.4. The molecule has 2 atom stereocenters. The van der Waals surface area contributed by atoms with Crippen LogP contribution in [0.25, 0.3) is 0 Å². The molecule has 2 aromatic carbocycles. The molecule has 4 rings (SSSR count). The molecule has 0 aliphatic carbocycles. The van der Waals surface area contributed by atoms with Crippen LogP contribution in [0.3, 0.4) is 0 Å². The van der Waals surface area contributed by atoms with Gasteiger partial charge >= 0.3 is 5.97 Å². The number of thioether (sulfide) groups is 1. The first-order chi connectivity index (χ1) is 16.3. The first-order valence-electron chi connectivity index (χ1n) is 10.3. The summed E-state index contributed by atoms with van der Waals surface area (Å²) < 4.78 is 13.1. The van der Waals surface area contributed by atoms with E-state index >= 15 is 0 Å². The molecule has 3 N–H and O–H groups in total. The van der Waals surface area contributed by atoms with Gasteiger partial charge < -0.3 is 10.4 Å². The number of rotatable bonds is 7.